The number of rotatable bonds is 6. The Bertz CT molecular complexity index is 448. The maximum absolute atomic E-state index is 12.6. The lowest BCUT2D eigenvalue weighted by atomic mass is 10.0. The van der Waals surface area contributed by atoms with Gasteiger partial charge in [-0.25, -0.2) is 0 Å². The molecule has 0 spiro atoms. The van der Waals surface area contributed by atoms with Crippen molar-refractivity contribution in [2.75, 3.05) is 6.54 Å². The second kappa shape index (κ2) is 7.79. The van der Waals surface area contributed by atoms with Crippen LogP contribution in [0.3, 0.4) is 0 Å². The number of nitrogens with two attached hydrogens (primary N) is 1. The van der Waals surface area contributed by atoms with Gasteiger partial charge in [0, 0.05) is 11.0 Å². The molecule has 0 bridgehead atoms. The first kappa shape index (κ1) is 17.2. The molecule has 0 aliphatic rings. The molecule has 2 atom stereocenters. The monoisotopic (exact) mass is 340 g/mol. The Hall–Kier alpha value is -0.870. The Morgan fingerprint density at radius 1 is 1.30 bits per heavy atom. The Morgan fingerprint density at radius 2 is 1.90 bits per heavy atom. The summed E-state index contributed by atoms with van der Waals surface area (Å²) in [6.07, 6.45) is 0.922. The van der Waals surface area contributed by atoms with Crippen LogP contribution in [0.5, 0.6) is 0 Å². The van der Waals surface area contributed by atoms with Gasteiger partial charge in [0.1, 0.15) is 0 Å². The largest absolute Gasteiger partial charge is 0.335 e. The van der Waals surface area contributed by atoms with Crippen LogP contribution < -0.4 is 5.73 Å². The Morgan fingerprint density at radius 3 is 2.40 bits per heavy atom. The molecule has 112 valence electrons. The fourth-order valence-corrected chi connectivity index (χ4v) is 2.81. The van der Waals surface area contributed by atoms with E-state index in [9.17, 15) is 4.79 Å². The number of amides is 1. The van der Waals surface area contributed by atoms with Crippen molar-refractivity contribution in [2.24, 2.45) is 11.7 Å². The zero-order chi connectivity index (χ0) is 15.3. The zero-order valence-electron chi connectivity index (χ0n) is 12.8. The topological polar surface area (TPSA) is 46.3 Å². The van der Waals surface area contributed by atoms with Crippen LogP contribution in [0.15, 0.2) is 28.7 Å². The average molecular weight is 341 g/mol. The summed E-state index contributed by atoms with van der Waals surface area (Å²) in [5.41, 5.74) is 7.16. The molecule has 0 aromatic heterocycles. The number of benzene rings is 1. The first-order valence-electron chi connectivity index (χ1n) is 7.20. The van der Waals surface area contributed by atoms with Crippen LogP contribution in [0.25, 0.3) is 0 Å². The van der Waals surface area contributed by atoms with E-state index in [2.05, 4.69) is 29.8 Å². The molecule has 20 heavy (non-hydrogen) atoms. The molecule has 1 amide bonds. The van der Waals surface area contributed by atoms with Gasteiger partial charge in [0.05, 0.1) is 12.1 Å². The summed E-state index contributed by atoms with van der Waals surface area (Å²) >= 11 is 3.56. The van der Waals surface area contributed by atoms with E-state index in [4.69, 9.17) is 5.73 Å². The summed E-state index contributed by atoms with van der Waals surface area (Å²) < 4.78 is 1.03. The van der Waals surface area contributed by atoms with E-state index >= 15 is 0 Å². The van der Waals surface area contributed by atoms with Gasteiger partial charge in [0.2, 0.25) is 5.91 Å². The SMILES string of the molecule is CCCN(C(=O)[C@H](N)C(C)C)C(C)c1ccccc1Br. The van der Waals surface area contributed by atoms with Crippen molar-refractivity contribution in [2.45, 2.75) is 46.2 Å². The smallest absolute Gasteiger partial charge is 0.240 e. The van der Waals surface area contributed by atoms with Crippen LogP contribution in [0.2, 0.25) is 0 Å². The molecular formula is C16H25BrN2O. The number of hydrogen-bond donors (Lipinski definition) is 1. The second-order valence-electron chi connectivity index (χ2n) is 5.50. The minimum absolute atomic E-state index is 0.0165. The molecular weight excluding hydrogens is 316 g/mol. The van der Waals surface area contributed by atoms with E-state index in [0.717, 1.165) is 23.0 Å². The summed E-state index contributed by atoms with van der Waals surface area (Å²) in [7, 11) is 0. The van der Waals surface area contributed by atoms with Crippen LogP contribution in [0, 0.1) is 5.92 Å². The molecule has 1 aromatic carbocycles. The molecule has 1 rings (SSSR count). The highest BCUT2D eigenvalue weighted by Crippen LogP contribution is 2.28. The number of carbonyl (C=O) groups excluding carboxylic acids is 1. The molecule has 2 N–H and O–H groups in total. The summed E-state index contributed by atoms with van der Waals surface area (Å²) in [5.74, 6) is 0.179. The first-order valence-corrected chi connectivity index (χ1v) is 7.99. The molecule has 0 aliphatic heterocycles. The zero-order valence-corrected chi connectivity index (χ0v) is 14.4. The molecule has 4 heteroatoms. The molecule has 0 heterocycles. The highest BCUT2D eigenvalue weighted by Gasteiger charge is 2.27. The van der Waals surface area contributed by atoms with E-state index < -0.39 is 6.04 Å². The van der Waals surface area contributed by atoms with E-state index in [1.807, 2.05) is 43.0 Å². The third-order valence-electron chi connectivity index (χ3n) is 3.57. The van der Waals surface area contributed by atoms with Gasteiger partial charge >= 0.3 is 0 Å². The summed E-state index contributed by atoms with van der Waals surface area (Å²) in [6, 6.07) is 7.60. The molecule has 0 fully saturated rings. The minimum Gasteiger partial charge on any atom is -0.335 e. The van der Waals surface area contributed by atoms with E-state index in [-0.39, 0.29) is 17.9 Å². The van der Waals surface area contributed by atoms with Crippen LogP contribution in [-0.2, 0) is 4.79 Å². The van der Waals surface area contributed by atoms with Crippen molar-refractivity contribution in [1.29, 1.82) is 0 Å². The van der Waals surface area contributed by atoms with E-state index in [0.29, 0.717) is 0 Å². The van der Waals surface area contributed by atoms with Gasteiger partial charge in [-0.15, -0.1) is 0 Å². The van der Waals surface area contributed by atoms with Crippen LogP contribution in [-0.4, -0.2) is 23.4 Å². The number of carbonyl (C=O) groups is 1. The standard InChI is InChI=1S/C16H25BrN2O/c1-5-10-19(16(20)15(18)11(2)3)12(4)13-8-6-7-9-14(13)17/h6-9,11-12,15H,5,10,18H2,1-4H3/t12?,15-/m1/s1. The Labute approximate surface area is 130 Å². The molecule has 0 radical (unpaired) electrons. The number of nitrogens with zero attached hydrogens (tertiary/aromatic N) is 1. The van der Waals surface area contributed by atoms with Gasteiger partial charge in [-0.2, -0.15) is 0 Å². The lowest BCUT2D eigenvalue weighted by Crippen LogP contribution is -2.47. The van der Waals surface area contributed by atoms with Crippen molar-refractivity contribution in [3.8, 4) is 0 Å². The summed E-state index contributed by atoms with van der Waals surface area (Å²) in [5, 5.41) is 0. The van der Waals surface area contributed by atoms with Gasteiger partial charge < -0.3 is 10.6 Å². The van der Waals surface area contributed by atoms with Crippen molar-refractivity contribution >= 4 is 21.8 Å². The fraction of sp³-hybridized carbons (Fsp3) is 0.562. The fourth-order valence-electron chi connectivity index (χ4n) is 2.19. The Kier molecular flexibility index (Phi) is 6.69. The average Bonchev–Trinajstić information content (AvgIpc) is 2.43. The first-order chi connectivity index (χ1) is 9.40. The van der Waals surface area contributed by atoms with Crippen molar-refractivity contribution in [3.63, 3.8) is 0 Å². The number of halogens is 1. The molecule has 0 saturated carbocycles. The van der Waals surface area contributed by atoms with Gasteiger partial charge in [-0.3, -0.25) is 4.79 Å². The maximum Gasteiger partial charge on any atom is 0.240 e. The van der Waals surface area contributed by atoms with Gasteiger partial charge in [-0.05, 0) is 30.9 Å². The number of hydrogen-bond acceptors (Lipinski definition) is 2. The molecule has 1 unspecified atom stereocenters. The third kappa shape index (κ3) is 4.06. The highest BCUT2D eigenvalue weighted by molar-refractivity contribution is 9.10. The predicted octanol–water partition coefficient (Wildman–Crippen LogP) is 3.73. The Balaban J connectivity index is 3.02. The predicted molar refractivity (Wildman–Crippen MR) is 87.4 cm³/mol. The van der Waals surface area contributed by atoms with Crippen LogP contribution in [0.1, 0.15) is 45.7 Å². The van der Waals surface area contributed by atoms with Crippen molar-refractivity contribution in [3.05, 3.63) is 34.3 Å². The third-order valence-corrected chi connectivity index (χ3v) is 4.30. The van der Waals surface area contributed by atoms with Gasteiger partial charge in [0.15, 0.2) is 0 Å². The van der Waals surface area contributed by atoms with E-state index in [1.165, 1.54) is 0 Å². The van der Waals surface area contributed by atoms with Gasteiger partial charge in [0.25, 0.3) is 0 Å². The molecule has 3 nitrogen and oxygen atoms in total. The molecule has 0 aliphatic carbocycles. The summed E-state index contributed by atoms with van der Waals surface area (Å²) in [6.45, 7) is 8.82. The summed E-state index contributed by atoms with van der Waals surface area (Å²) in [4.78, 5) is 14.5. The van der Waals surface area contributed by atoms with Crippen molar-refractivity contribution < 1.29 is 4.79 Å². The van der Waals surface area contributed by atoms with E-state index in [1.54, 1.807) is 0 Å². The molecule has 0 saturated heterocycles. The van der Waals surface area contributed by atoms with Gasteiger partial charge in [-0.1, -0.05) is 54.9 Å². The van der Waals surface area contributed by atoms with Crippen molar-refractivity contribution in [1.82, 2.24) is 4.90 Å². The molecule has 1 aromatic rings. The van der Waals surface area contributed by atoms with Crippen LogP contribution in [0.4, 0.5) is 0 Å². The highest BCUT2D eigenvalue weighted by atomic mass is 79.9. The lowest BCUT2D eigenvalue weighted by Gasteiger charge is -2.33. The van der Waals surface area contributed by atoms with Crippen LogP contribution >= 0.6 is 15.9 Å². The maximum atomic E-state index is 12.6. The minimum atomic E-state index is -0.438. The lowest BCUT2D eigenvalue weighted by molar-refractivity contribution is -0.135. The normalized spacial score (nSPS) is 14.2. The quantitative estimate of drug-likeness (QED) is 0.857. The second-order valence-corrected chi connectivity index (χ2v) is 6.35.